The molecule has 0 aliphatic rings. The number of rotatable bonds is 7. The highest BCUT2D eigenvalue weighted by Crippen LogP contribution is 2.17. The van der Waals surface area contributed by atoms with Crippen molar-refractivity contribution < 1.29 is 14.3 Å². The molecule has 0 fully saturated rings. The van der Waals surface area contributed by atoms with Gasteiger partial charge < -0.3 is 15.8 Å². The first-order valence-electron chi connectivity index (χ1n) is 8.00. The van der Waals surface area contributed by atoms with Crippen molar-refractivity contribution in [2.24, 2.45) is 5.73 Å². The molecule has 3 N–H and O–H groups in total. The van der Waals surface area contributed by atoms with Crippen LogP contribution in [-0.2, 0) is 9.59 Å². The summed E-state index contributed by atoms with van der Waals surface area (Å²) in [5.41, 5.74) is 8.12. The molecule has 2 amide bonds. The number of nitrogens with two attached hydrogens (primary N) is 1. The summed E-state index contributed by atoms with van der Waals surface area (Å²) in [4.78, 5) is 22.7. The first-order chi connectivity index (χ1) is 11.9. The van der Waals surface area contributed by atoms with Crippen molar-refractivity contribution in [2.75, 3.05) is 6.61 Å². The molecule has 0 heterocycles. The van der Waals surface area contributed by atoms with E-state index in [0.717, 1.165) is 11.1 Å². The number of benzene rings is 2. The third kappa shape index (κ3) is 6.14. The molecule has 0 bridgehead atoms. The predicted molar refractivity (Wildman–Crippen MR) is 97.9 cm³/mol. The fourth-order valence-corrected chi connectivity index (χ4v) is 2.20. The summed E-state index contributed by atoms with van der Waals surface area (Å²) in [6.45, 7) is 3.76. The van der Waals surface area contributed by atoms with Crippen molar-refractivity contribution in [2.45, 2.75) is 19.9 Å². The smallest absolute Gasteiger partial charge is 0.255 e. The van der Waals surface area contributed by atoms with Gasteiger partial charge in [-0.25, -0.2) is 0 Å². The summed E-state index contributed by atoms with van der Waals surface area (Å²) < 4.78 is 5.21. The number of primary amides is 1. The summed E-state index contributed by atoms with van der Waals surface area (Å²) in [5.74, 6) is -0.132. The van der Waals surface area contributed by atoms with E-state index in [9.17, 15) is 9.59 Å². The fraction of sp³-hybridized carbons (Fsp3) is 0.200. The van der Waals surface area contributed by atoms with E-state index in [1.807, 2.05) is 50.2 Å². The maximum Gasteiger partial charge on any atom is 0.255 e. The Morgan fingerprint density at radius 1 is 1.12 bits per heavy atom. The topological polar surface area (TPSA) is 81.4 Å². The minimum absolute atomic E-state index is 0.152. The minimum atomic E-state index is -0.523. The normalized spacial score (nSPS) is 11.9. The molecule has 25 heavy (non-hydrogen) atoms. The first kappa shape index (κ1) is 18.3. The van der Waals surface area contributed by atoms with Gasteiger partial charge in [-0.15, -0.1) is 0 Å². The number of carbonyl (C=O) groups is 2. The Kier molecular flexibility index (Phi) is 6.34. The molecule has 2 aromatic carbocycles. The molecule has 130 valence electrons. The van der Waals surface area contributed by atoms with Crippen LogP contribution in [0.3, 0.4) is 0 Å². The van der Waals surface area contributed by atoms with Crippen LogP contribution in [0.4, 0.5) is 0 Å². The summed E-state index contributed by atoms with van der Waals surface area (Å²) in [6.07, 6.45) is 3.30. The highest BCUT2D eigenvalue weighted by atomic mass is 16.5. The number of aryl methyl sites for hydroxylation is 1. The highest BCUT2D eigenvalue weighted by Gasteiger charge is 2.08. The van der Waals surface area contributed by atoms with Crippen LogP contribution in [0.1, 0.15) is 29.7 Å². The second-order valence-electron chi connectivity index (χ2n) is 5.80. The summed E-state index contributed by atoms with van der Waals surface area (Å²) in [7, 11) is 0. The monoisotopic (exact) mass is 338 g/mol. The SMILES string of the molecule is Cc1ccc(C=CC(=O)NC(C)c2ccc(OCC(N)=O)cc2)cc1. The molecule has 0 saturated carbocycles. The van der Waals surface area contributed by atoms with Gasteiger partial charge >= 0.3 is 0 Å². The van der Waals surface area contributed by atoms with E-state index in [0.29, 0.717) is 5.75 Å². The second kappa shape index (κ2) is 8.68. The second-order valence-corrected chi connectivity index (χ2v) is 5.80. The van der Waals surface area contributed by atoms with E-state index in [2.05, 4.69) is 5.32 Å². The average Bonchev–Trinajstić information content (AvgIpc) is 2.60. The summed E-state index contributed by atoms with van der Waals surface area (Å²) in [5, 5.41) is 2.91. The highest BCUT2D eigenvalue weighted by molar-refractivity contribution is 5.91. The van der Waals surface area contributed by atoms with Crippen LogP contribution in [0.5, 0.6) is 5.75 Å². The lowest BCUT2D eigenvalue weighted by Gasteiger charge is -2.13. The first-order valence-corrected chi connectivity index (χ1v) is 8.00. The zero-order valence-electron chi connectivity index (χ0n) is 14.4. The van der Waals surface area contributed by atoms with Gasteiger partial charge in [0.15, 0.2) is 6.61 Å². The van der Waals surface area contributed by atoms with Crippen molar-refractivity contribution in [3.05, 3.63) is 71.3 Å². The molecule has 5 heteroatoms. The van der Waals surface area contributed by atoms with Gasteiger partial charge in [0.2, 0.25) is 5.91 Å². The van der Waals surface area contributed by atoms with Crippen molar-refractivity contribution in [3.8, 4) is 5.75 Å². The molecular formula is C20H22N2O3. The van der Waals surface area contributed by atoms with E-state index in [-0.39, 0.29) is 18.6 Å². The van der Waals surface area contributed by atoms with E-state index in [1.165, 1.54) is 11.6 Å². The maximum absolute atomic E-state index is 12.0. The van der Waals surface area contributed by atoms with E-state index in [4.69, 9.17) is 10.5 Å². The van der Waals surface area contributed by atoms with E-state index in [1.54, 1.807) is 18.2 Å². The van der Waals surface area contributed by atoms with Gasteiger partial charge in [-0.3, -0.25) is 9.59 Å². The maximum atomic E-state index is 12.0. The largest absolute Gasteiger partial charge is 0.484 e. The molecule has 0 radical (unpaired) electrons. The molecule has 1 unspecified atom stereocenters. The van der Waals surface area contributed by atoms with Crippen molar-refractivity contribution in [1.29, 1.82) is 0 Å². The number of hydrogen-bond donors (Lipinski definition) is 2. The third-order valence-electron chi connectivity index (χ3n) is 3.62. The zero-order chi connectivity index (χ0) is 18.2. The Labute approximate surface area is 147 Å². The van der Waals surface area contributed by atoms with Gasteiger partial charge in [0.25, 0.3) is 5.91 Å². The van der Waals surface area contributed by atoms with Gasteiger partial charge in [0.05, 0.1) is 6.04 Å². The van der Waals surface area contributed by atoms with Crippen molar-refractivity contribution in [3.63, 3.8) is 0 Å². The number of amides is 2. The molecule has 0 saturated heterocycles. The molecule has 0 aliphatic heterocycles. The van der Waals surface area contributed by atoms with Crippen LogP contribution in [0.25, 0.3) is 6.08 Å². The van der Waals surface area contributed by atoms with Gasteiger partial charge in [-0.1, -0.05) is 42.0 Å². The molecule has 0 spiro atoms. The van der Waals surface area contributed by atoms with Crippen LogP contribution < -0.4 is 15.8 Å². The Balaban J connectivity index is 1.89. The minimum Gasteiger partial charge on any atom is -0.484 e. The van der Waals surface area contributed by atoms with Crippen LogP contribution in [-0.4, -0.2) is 18.4 Å². The number of carbonyl (C=O) groups excluding carboxylic acids is 2. The van der Waals surface area contributed by atoms with Gasteiger partial charge in [-0.2, -0.15) is 0 Å². The zero-order valence-corrected chi connectivity index (χ0v) is 14.4. The molecule has 0 aromatic heterocycles. The number of nitrogens with one attached hydrogen (secondary N) is 1. The predicted octanol–water partition coefficient (Wildman–Crippen LogP) is 2.75. The lowest BCUT2D eigenvalue weighted by molar-refractivity contribution is -0.120. The number of hydrogen-bond acceptors (Lipinski definition) is 3. The Bertz CT molecular complexity index is 750. The third-order valence-corrected chi connectivity index (χ3v) is 3.62. The average molecular weight is 338 g/mol. The quantitative estimate of drug-likeness (QED) is 0.762. The van der Waals surface area contributed by atoms with Crippen LogP contribution in [0.2, 0.25) is 0 Å². The van der Waals surface area contributed by atoms with E-state index < -0.39 is 5.91 Å². The fourth-order valence-electron chi connectivity index (χ4n) is 2.20. The standard InChI is InChI=1S/C20H22N2O3/c1-14-3-5-16(6-4-14)7-12-20(24)22-15(2)17-8-10-18(11-9-17)25-13-19(21)23/h3-12,15H,13H2,1-2H3,(H2,21,23)(H,22,24). The molecule has 1 atom stereocenters. The Morgan fingerprint density at radius 2 is 1.76 bits per heavy atom. The van der Waals surface area contributed by atoms with Crippen molar-refractivity contribution in [1.82, 2.24) is 5.32 Å². The number of ether oxygens (including phenoxy) is 1. The summed E-state index contributed by atoms with van der Waals surface area (Å²) in [6, 6.07) is 14.9. The van der Waals surface area contributed by atoms with Gasteiger partial charge in [0, 0.05) is 6.08 Å². The molecule has 0 aliphatic carbocycles. The Hall–Kier alpha value is -3.08. The van der Waals surface area contributed by atoms with E-state index >= 15 is 0 Å². The van der Waals surface area contributed by atoms with Crippen LogP contribution in [0, 0.1) is 6.92 Å². The molecule has 2 rings (SSSR count). The lowest BCUT2D eigenvalue weighted by atomic mass is 10.1. The summed E-state index contributed by atoms with van der Waals surface area (Å²) >= 11 is 0. The van der Waals surface area contributed by atoms with Crippen LogP contribution in [0.15, 0.2) is 54.6 Å². The van der Waals surface area contributed by atoms with Gasteiger partial charge in [0.1, 0.15) is 5.75 Å². The Morgan fingerprint density at radius 3 is 2.36 bits per heavy atom. The molecular weight excluding hydrogens is 316 g/mol. The van der Waals surface area contributed by atoms with Gasteiger partial charge in [-0.05, 0) is 43.2 Å². The molecule has 5 nitrogen and oxygen atoms in total. The van der Waals surface area contributed by atoms with Crippen LogP contribution >= 0.6 is 0 Å². The lowest BCUT2D eigenvalue weighted by Crippen LogP contribution is -2.24. The molecule has 2 aromatic rings. The van der Waals surface area contributed by atoms with Crippen molar-refractivity contribution >= 4 is 17.9 Å².